The van der Waals surface area contributed by atoms with Crippen molar-refractivity contribution in [3.05, 3.63) is 23.3 Å². The summed E-state index contributed by atoms with van der Waals surface area (Å²) in [7, 11) is 1.66. The van der Waals surface area contributed by atoms with Gasteiger partial charge in [-0.2, -0.15) is 0 Å². The molecule has 0 radical (unpaired) electrons. The fraction of sp³-hybridized carbons (Fsp3) is 0.737. The molecule has 2 rings (SSSR count). The summed E-state index contributed by atoms with van der Waals surface area (Å²) in [6.07, 6.45) is 4.41. The Morgan fingerprint density at radius 1 is 1.32 bits per heavy atom. The maximum absolute atomic E-state index is 12.2. The van der Waals surface area contributed by atoms with Gasteiger partial charge in [-0.3, -0.25) is 4.79 Å². The summed E-state index contributed by atoms with van der Waals surface area (Å²) in [6.45, 7) is 9.36. The van der Waals surface area contributed by atoms with Crippen LogP contribution in [0.15, 0.2) is 6.20 Å². The number of aromatic nitrogens is 2. The molecule has 2 heterocycles. The first-order valence-electron chi connectivity index (χ1n) is 9.18. The summed E-state index contributed by atoms with van der Waals surface area (Å²) in [5.74, 6) is 1.83. The van der Waals surface area contributed by atoms with E-state index in [9.17, 15) is 4.79 Å². The number of methoxy groups -OCH3 is 1. The molecule has 1 aromatic heterocycles. The van der Waals surface area contributed by atoms with E-state index in [1.165, 1.54) is 0 Å². The molecule has 0 saturated carbocycles. The molecule has 1 aliphatic heterocycles. The van der Waals surface area contributed by atoms with Crippen LogP contribution in [-0.2, 0) is 20.9 Å². The Labute approximate surface area is 150 Å². The average Bonchev–Trinajstić information content (AvgIpc) is 2.59. The van der Waals surface area contributed by atoms with Crippen LogP contribution in [0.2, 0.25) is 0 Å². The van der Waals surface area contributed by atoms with Crippen molar-refractivity contribution in [3.8, 4) is 0 Å². The van der Waals surface area contributed by atoms with Crippen molar-refractivity contribution in [2.75, 3.05) is 33.4 Å². The lowest BCUT2D eigenvalue weighted by molar-refractivity contribution is -0.133. The van der Waals surface area contributed by atoms with Crippen LogP contribution >= 0.6 is 0 Å². The van der Waals surface area contributed by atoms with Crippen molar-refractivity contribution in [1.29, 1.82) is 0 Å². The van der Waals surface area contributed by atoms with Crippen molar-refractivity contribution < 1.29 is 14.3 Å². The maximum atomic E-state index is 12.2. The molecule has 0 aromatic carbocycles. The third kappa shape index (κ3) is 6.04. The number of rotatable bonds is 8. The predicted molar refractivity (Wildman–Crippen MR) is 96.3 cm³/mol. The van der Waals surface area contributed by atoms with E-state index >= 15 is 0 Å². The molecule has 0 unspecified atom stereocenters. The predicted octanol–water partition coefficient (Wildman–Crippen LogP) is 2.70. The molecular weight excluding hydrogens is 318 g/mol. The molecule has 0 aliphatic carbocycles. The Morgan fingerprint density at radius 3 is 2.68 bits per heavy atom. The first kappa shape index (κ1) is 19.8. The van der Waals surface area contributed by atoms with E-state index in [1.807, 2.05) is 18.0 Å². The Kier molecular flexibility index (Phi) is 7.78. The third-order valence-electron chi connectivity index (χ3n) is 4.53. The largest absolute Gasteiger partial charge is 0.382 e. The van der Waals surface area contributed by atoms with Gasteiger partial charge in [0.05, 0.1) is 25.5 Å². The molecule has 0 atom stereocenters. The molecule has 0 bridgehead atoms. The topological polar surface area (TPSA) is 64.6 Å². The summed E-state index contributed by atoms with van der Waals surface area (Å²) < 4.78 is 10.7. The van der Waals surface area contributed by atoms with Crippen LogP contribution < -0.4 is 0 Å². The van der Waals surface area contributed by atoms with Gasteiger partial charge in [0, 0.05) is 44.3 Å². The van der Waals surface area contributed by atoms with E-state index in [-0.39, 0.29) is 5.91 Å². The van der Waals surface area contributed by atoms with Crippen LogP contribution in [0.5, 0.6) is 0 Å². The fourth-order valence-electron chi connectivity index (χ4n) is 3.18. The van der Waals surface area contributed by atoms with Gasteiger partial charge in [0.1, 0.15) is 5.82 Å². The Bertz CT molecular complexity index is 555. The second-order valence-corrected chi connectivity index (χ2v) is 7.13. The van der Waals surface area contributed by atoms with Crippen molar-refractivity contribution in [2.45, 2.75) is 52.6 Å². The first-order valence-corrected chi connectivity index (χ1v) is 9.18. The molecule has 1 aromatic rings. The molecule has 0 N–H and O–H groups in total. The van der Waals surface area contributed by atoms with Crippen molar-refractivity contribution in [1.82, 2.24) is 14.9 Å². The van der Waals surface area contributed by atoms with Crippen LogP contribution in [0, 0.1) is 12.8 Å². The molecule has 1 aliphatic rings. The Hall–Kier alpha value is -1.53. The minimum atomic E-state index is 0.274. The van der Waals surface area contributed by atoms with Gasteiger partial charge in [-0.25, -0.2) is 9.97 Å². The minimum absolute atomic E-state index is 0.274. The number of aryl methyl sites for hydroxylation is 1. The smallest absolute Gasteiger partial charge is 0.222 e. The summed E-state index contributed by atoms with van der Waals surface area (Å²) >= 11 is 0. The van der Waals surface area contributed by atoms with Gasteiger partial charge in [-0.05, 0) is 25.7 Å². The van der Waals surface area contributed by atoms with Crippen LogP contribution in [0.3, 0.4) is 0 Å². The Balaban J connectivity index is 1.97. The van der Waals surface area contributed by atoms with Gasteiger partial charge < -0.3 is 14.4 Å². The maximum Gasteiger partial charge on any atom is 0.222 e. The summed E-state index contributed by atoms with van der Waals surface area (Å²) in [6, 6.07) is 0. The molecule has 1 saturated heterocycles. The van der Waals surface area contributed by atoms with Gasteiger partial charge in [0.15, 0.2) is 0 Å². The number of hydrogen-bond acceptors (Lipinski definition) is 5. The SMILES string of the molecule is COCCOCc1cnc(C)nc1C1CCN(C(=O)CC(C)C)CC1. The number of carbonyl (C=O) groups is 1. The monoisotopic (exact) mass is 349 g/mol. The van der Waals surface area contributed by atoms with Gasteiger partial charge in [-0.15, -0.1) is 0 Å². The molecule has 6 heteroatoms. The van der Waals surface area contributed by atoms with E-state index < -0.39 is 0 Å². The standard InChI is InChI=1S/C19H31N3O3/c1-14(2)11-18(23)22-7-5-16(6-8-22)19-17(12-20-15(3)21-19)13-25-10-9-24-4/h12,14,16H,5-11,13H2,1-4H3. The normalized spacial score (nSPS) is 15.8. The first-order chi connectivity index (χ1) is 12.0. The van der Waals surface area contributed by atoms with Gasteiger partial charge in [0.2, 0.25) is 5.91 Å². The van der Waals surface area contributed by atoms with Crippen molar-refractivity contribution in [2.24, 2.45) is 5.92 Å². The van der Waals surface area contributed by atoms with E-state index in [0.29, 0.717) is 38.1 Å². The van der Waals surface area contributed by atoms with Crippen LogP contribution in [0.1, 0.15) is 56.1 Å². The van der Waals surface area contributed by atoms with Crippen LogP contribution in [0.25, 0.3) is 0 Å². The highest BCUT2D eigenvalue weighted by molar-refractivity contribution is 5.76. The number of piperidine rings is 1. The van der Waals surface area contributed by atoms with Gasteiger partial charge in [0.25, 0.3) is 0 Å². The number of likely N-dealkylation sites (tertiary alicyclic amines) is 1. The molecule has 25 heavy (non-hydrogen) atoms. The second-order valence-electron chi connectivity index (χ2n) is 7.13. The number of hydrogen-bond donors (Lipinski definition) is 0. The lowest BCUT2D eigenvalue weighted by Crippen LogP contribution is -2.38. The van der Waals surface area contributed by atoms with Crippen LogP contribution in [0.4, 0.5) is 0 Å². The number of carbonyl (C=O) groups excluding carboxylic acids is 1. The highest BCUT2D eigenvalue weighted by Crippen LogP contribution is 2.29. The molecular formula is C19H31N3O3. The zero-order valence-corrected chi connectivity index (χ0v) is 16.0. The summed E-state index contributed by atoms with van der Waals surface area (Å²) in [5, 5.41) is 0. The van der Waals surface area contributed by atoms with Crippen molar-refractivity contribution >= 4 is 5.91 Å². The zero-order valence-electron chi connectivity index (χ0n) is 16.0. The Morgan fingerprint density at radius 2 is 2.04 bits per heavy atom. The van der Waals surface area contributed by atoms with E-state index in [0.717, 1.165) is 43.0 Å². The summed E-state index contributed by atoms with van der Waals surface area (Å²) in [5.41, 5.74) is 2.13. The molecule has 0 spiro atoms. The van der Waals surface area contributed by atoms with Crippen molar-refractivity contribution in [3.63, 3.8) is 0 Å². The fourth-order valence-corrected chi connectivity index (χ4v) is 3.18. The lowest BCUT2D eigenvalue weighted by atomic mass is 9.90. The van der Waals surface area contributed by atoms with E-state index in [4.69, 9.17) is 9.47 Å². The highest BCUT2D eigenvalue weighted by atomic mass is 16.5. The minimum Gasteiger partial charge on any atom is -0.382 e. The van der Waals surface area contributed by atoms with Gasteiger partial charge in [-0.1, -0.05) is 13.8 Å². The van der Waals surface area contributed by atoms with E-state index in [1.54, 1.807) is 7.11 Å². The summed E-state index contributed by atoms with van der Waals surface area (Å²) in [4.78, 5) is 23.3. The third-order valence-corrected chi connectivity index (χ3v) is 4.53. The van der Waals surface area contributed by atoms with E-state index in [2.05, 4.69) is 23.8 Å². The molecule has 6 nitrogen and oxygen atoms in total. The number of amides is 1. The molecule has 1 fully saturated rings. The number of nitrogens with zero attached hydrogens (tertiary/aromatic N) is 3. The second kappa shape index (κ2) is 9.82. The number of ether oxygens (including phenoxy) is 2. The molecule has 140 valence electrons. The highest BCUT2D eigenvalue weighted by Gasteiger charge is 2.26. The quantitative estimate of drug-likeness (QED) is 0.675. The molecule has 1 amide bonds. The zero-order chi connectivity index (χ0) is 18.2. The average molecular weight is 349 g/mol. The van der Waals surface area contributed by atoms with Crippen LogP contribution in [-0.4, -0.2) is 54.2 Å². The van der Waals surface area contributed by atoms with Gasteiger partial charge >= 0.3 is 0 Å². The lowest BCUT2D eigenvalue weighted by Gasteiger charge is -2.33.